The number of anilines is 1. The van der Waals surface area contributed by atoms with Gasteiger partial charge in [0.05, 0.1) is 5.69 Å². The molecule has 1 aromatic rings. The maximum atomic E-state index is 5.84. The minimum Gasteiger partial charge on any atom is -0.489 e. The van der Waals surface area contributed by atoms with Gasteiger partial charge >= 0.3 is 0 Å². The maximum Gasteiger partial charge on any atom is 0.146 e. The number of fused-ring (bicyclic) bond motifs is 1. The van der Waals surface area contributed by atoms with Crippen LogP contribution >= 0.6 is 0 Å². The van der Waals surface area contributed by atoms with Gasteiger partial charge in [-0.1, -0.05) is 12.1 Å². The second kappa shape index (κ2) is 5.39. The molecule has 1 saturated heterocycles. The number of benzene rings is 1. The number of para-hydroxylation sites is 1. The summed E-state index contributed by atoms with van der Waals surface area (Å²) < 4.78 is 5.84. The van der Waals surface area contributed by atoms with E-state index in [-0.39, 0.29) is 0 Å². The standard InChI is InChI=1S/C15H23N3O/c1-17(2)13-6-8-18(11-13)10-12-4-3-5-14-15(12)19-9-7-16-14/h3-5,13,16H,6-11H2,1-2H3. The molecule has 1 aromatic carbocycles. The number of likely N-dealkylation sites (tertiary alicyclic amines) is 1. The fourth-order valence-corrected chi connectivity index (χ4v) is 2.98. The van der Waals surface area contributed by atoms with E-state index in [1.165, 1.54) is 18.5 Å². The second-order valence-corrected chi connectivity index (χ2v) is 5.71. The molecule has 19 heavy (non-hydrogen) atoms. The van der Waals surface area contributed by atoms with Crippen LogP contribution in [0.5, 0.6) is 5.75 Å². The van der Waals surface area contributed by atoms with Gasteiger partial charge in [0, 0.05) is 37.8 Å². The summed E-state index contributed by atoms with van der Waals surface area (Å²) in [7, 11) is 4.34. The summed E-state index contributed by atoms with van der Waals surface area (Å²) >= 11 is 0. The van der Waals surface area contributed by atoms with Crippen molar-refractivity contribution < 1.29 is 4.74 Å². The normalized spacial score (nSPS) is 23.0. The van der Waals surface area contributed by atoms with Gasteiger partial charge in [0.1, 0.15) is 12.4 Å². The molecular formula is C15H23N3O. The molecule has 104 valence electrons. The molecule has 4 nitrogen and oxygen atoms in total. The highest BCUT2D eigenvalue weighted by Gasteiger charge is 2.25. The van der Waals surface area contributed by atoms with Gasteiger partial charge < -0.3 is 15.0 Å². The van der Waals surface area contributed by atoms with Gasteiger partial charge in [-0.05, 0) is 26.6 Å². The van der Waals surface area contributed by atoms with Crippen molar-refractivity contribution >= 4 is 5.69 Å². The zero-order valence-electron chi connectivity index (χ0n) is 11.9. The molecule has 1 N–H and O–H groups in total. The van der Waals surface area contributed by atoms with Crippen LogP contribution in [0.15, 0.2) is 18.2 Å². The van der Waals surface area contributed by atoms with Gasteiger partial charge in [0.2, 0.25) is 0 Å². The lowest BCUT2D eigenvalue weighted by atomic mass is 10.1. The Hall–Kier alpha value is -1.26. The Balaban J connectivity index is 1.71. The third-order valence-corrected chi connectivity index (χ3v) is 4.13. The maximum absolute atomic E-state index is 5.84. The largest absolute Gasteiger partial charge is 0.489 e. The Bertz CT molecular complexity index is 447. The monoisotopic (exact) mass is 261 g/mol. The van der Waals surface area contributed by atoms with Crippen molar-refractivity contribution in [3.05, 3.63) is 23.8 Å². The van der Waals surface area contributed by atoms with Crippen LogP contribution < -0.4 is 10.1 Å². The van der Waals surface area contributed by atoms with E-state index < -0.39 is 0 Å². The van der Waals surface area contributed by atoms with Crippen LogP contribution in [0.1, 0.15) is 12.0 Å². The molecule has 1 unspecified atom stereocenters. The van der Waals surface area contributed by atoms with Crippen molar-refractivity contribution in [2.45, 2.75) is 19.0 Å². The number of likely N-dealkylation sites (N-methyl/N-ethyl adjacent to an activating group) is 1. The lowest BCUT2D eigenvalue weighted by molar-refractivity contribution is 0.259. The zero-order chi connectivity index (χ0) is 13.2. The number of hydrogen-bond donors (Lipinski definition) is 1. The summed E-state index contributed by atoms with van der Waals surface area (Å²) in [5.74, 6) is 1.06. The van der Waals surface area contributed by atoms with Crippen LogP contribution in [-0.2, 0) is 6.54 Å². The smallest absolute Gasteiger partial charge is 0.146 e. The summed E-state index contributed by atoms with van der Waals surface area (Å²) in [6, 6.07) is 7.10. The highest BCUT2D eigenvalue weighted by atomic mass is 16.5. The minimum atomic E-state index is 0.693. The number of nitrogens with zero attached hydrogens (tertiary/aromatic N) is 2. The third kappa shape index (κ3) is 2.69. The molecule has 1 atom stereocenters. The highest BCUT2D eigenvalue weighted by Crippen LogP contribution is 2.32. The Morgan fingerprint density at radius 3 is 3.11 bits per heavy atom. The summed E-state index contributed by atoms with van der Waals surface area (Å²) in [6.07, 6.45) is 1.27. The van der Waals surface area contributed by atoms with Gasteiger partial charge in [0.25, 0.3) is 0 Å². The summed E-state index contributed by atoms with van der Waals surface area (Å²) in [6.45, 7) is 5.01. The Labute approximate surface area is 115 Å². The number of hydrogen-bond acceptors (Lipinski definition) is 4. The molecule has 0 saturated carbocycles. The minimum absolute atomic E-state index is 0.693. The van der Waals surface area contributed by atoms with Gasteiger partial charge in [-0.25, -0.2) is 0 Å². The fraction of sp³-hybridized carbons (Fsp3) is 0.600. The van der Waals surface area contributed by atoms with Crippen molar-refractivity contribution in [3.8, 4) is 5.75 Å². The summed E-state index contributed by atoms with van der Waals surface area (Å²) in [5, 5.41) is 3.40. The predicted octanol–water partition coefficient (Wildman–Crippen LogP) is 1.63. The topological polar surface area (TPSA) is 27.7 Å². The average Bonchev–Trinajstić information content (AvgIpc) is 2.88. The highest BCUT2D eigenvalue weighted by molar-refractivity contribution is 5.61. The SMILES string of the molecule is CN(C)C1CCN(Cc2cccc3c2OCCN3)C1. The first kappa shape index (κ1) is 12.8. The Morgan fingerprint density at radius 2 is 2.32 bits per heavy atom. The molecule has 0 radical (unpaired) electrons. The molecular weight excluding hydrogens is 238 g/mol. The average molecular weight is 261 g/mol. The molecule has 2 aliphatic rings. The van der Waals surface area contributed by atoms with Crippen LogP contribution in [0.25, 0.3) is 0 Å². The zero-order valence-corrected chi connectivity index (χ0v) is 11.9. The third-order valence-electron chi connectivity index (χ3n) is 4.13. The molecule has 0 aliphatic carbocycles. The number of rotatable bonds is 3. The van der Waals surface area contributed by atoms with Crippen molar-refractivity contribution in [1.82, 2.24) is 9.80 Å². The molecule has 2 heterocycles. The van der Waals surface area contributed by atoms with E-state index in [2.05, 4.69) is 47.4 Å². The molecule has 4 heteroatoms. The van der Waals surface area contributed by atoms with Crippen molar-refractivity contribution in [1.29, 1.82) is 0 Å². The van der Waals surface area contributed by atoms with E-state index in [1.54, 1.807) is 0 Å². The molecule has 0 bridgehead atoms. The van der Waals surface area contributed by atoms with Gasteiger partial charge in [0.15, 0.2) is 0 Å². The van der Waals surface area contributed by atoms with E-state index >= 15 is 0 Å². The molecule has 0 spiro atoms. The van der Waals surface area contributed by atoms with E-state index in [9.17, 15) is 0 Å². The quantitative estimate of drug-likeness (QED) is 0.895. The molecule has 2 aliphatic heterocycles. The second-order valence-electron chi connectivity index (χ2n) is 5.71. The van der Waals surface area contributed by atoms with Crippen LogP contribution in [0.4, 0.5) is 5.69 Å². The first-order valence-electron chi connectivity index (χ1n) is 7.11. The van der Waals surface area contributed by atoms with Crippen molar-refractivity contribution in [2.75, 3.05) is 45.7 Å². The first-order valence-corrected chi connectivity index (χ1v) is 7.11. The number of nitrogens with one attached hydrogen (secondary N) is 1. The Kier molecular flexibility index (Phi) is 3.62. The molecule has 1 fully saturated rings. The van der Waals surface area contributed by atoms with Crippen LogP contribution in [0.2, 0.25) is 0 Å². The van der Waals surface area contributed by atoms with Crippen LogP contribution in [0.3, 0.4) is 0 Å². The summed E-state index contributed by atoms with van der Waals surface area (Å²) in [4.78, 5) is 4.86. The van der Waals surface area contributed by atoms with E-state index in [0.29, 0.717) is 6.04 Å². The number of ether oxygens (including phenoxy) is 1. The van der Waals surface area contributed by atoms with Gasteiger partial charge in [-0.2, -0.15) is 0 Å². The molecule has 3 rings (SSSR count). The molecule has 0 amide bonds. The Morgan fingerprint density at radius 1 is 1.42 bits per heavy atom. The van der Waals surface area contributed by atoms with E-state index in [4.69, 9.17) is 4.74 Å². The van der Waals surface area contributed by atoms with E-state index in [0.717, 1.165) is 37.7 Å². The lowest BCUT2D eigenvalue weighted by Crippen LogP contribution is -2.31. The van der Waals surface area contributed by atoms with E-state index in [1.807, 2.05) is 0 Å². The van der Waals surface area contributed by atoms with Crippen LogP contribution in [0, 0.1) is 0 Å². The van der Waals surface area contributed by atoms with Gasteiger partial charge in [-0.3, -0.25) is 4.90 Å². The fourth-order valence-electron chi connectivity index (χ4n) is 2.98. The van der Waals surface area contributed by atoms with Crippen molar-refractivity contribution in [2.24, 2.45) is 0 Å². The van der Waals surface area contributed by atoms with Gasteiger partial charge in [-0.15, -0.1) is 0 Å². The van der Waals surface area contributed by atoms with Crippen LogP contribution in [-0.4, -0.2) is 56.2 Å². The lowest BCUT2D eigenvalue weighted by Gasteiger charge is -2.24. The molecule has 0 aromatic heterocycles. The van der Waals surface area contributed by atoms with Crippen molar-refractivity contribution in [3.63, 3.8) is 0 Å². The summed E-state index contributed by atoms with van der Waals surface area (Å²) in [5.41, 5.74) is 2.45. The first-order chi connectivity index (χ1) is 9.24. The predicted molar refractivity (Wildman–Crippen MR) is 77.8 cm³/mol.